The Morgan fingerprint density at radius 2 is 2.20 bits per heavy atom. The van der Waals surface area contributed by atoms with E-state index in [-0.39, 0.29) is 25.5 Å². The van der Waals surface area contributed by atoms with Gasteiger partial charge in [0.2, 0.25) is 5.91 Å². The van der Waals surface area contributed by atoms with Gasteiger partial charge in [-0.1, -0.05) is 0 Å². The van der Waals surface area contributed by atoms with Crippen LogP contribution in [0.25, 0.3) is 0 Å². The van der Waals surface area contributed by atoms with E-state index < -0.39 is 11.9 Å². The Morgan fingerprint density at radius 3 is 2.60 bits per heavy atom. The molecular weight excluding hydrogens is 240 g/mol. The van der Waals surface area contributed by atoms with Gasteiger partial charge in [0.15, 0.2) is 0 Å². The summed E-state index contributed by atoms with van der Waals surface area (Å²) in [7, 11) is 0. The Balaban J connectivity index is 0.00000196. The van der Waals surface area contributed by atoms with E-state index in [4.69, 9.17) is 10.8 Å². The number of amides is 1. The first-order valence-corrected chi connectivity index (χ1v) is 4.79. The number of carbonyl (C=O) groups excluding carboxylic acids is 1. The van der Waals surface area contributed by atoms with Crippen LogP contribution in [0.3, 0.4) is 0 Å². The molecule has 1 aromatic rings. The van der Waals surface area contributed by atoms with Crippen molar-refractivity contribution in [3.8, 4) is 0 Å². The van der Waals surface area contributed by atoms with Crippen LogP contribution >= 0.6 is 23.7 Å². The Hall–Kier alpha value is -1.11. The average molecular weight is 251 g/mol. The van der Waals surface area contributed by atoms with E-state index in [9.17, 15) is 9.59 Å². The maximum Gasteiger partial charge on any atom is 0.323 e. The van der Waals surface area contributed by atoms with E-state index >= 15 is 0 Å². The lowest BCUT2D eigenvalue weighted by molar-refractivity contribution is -0.136. The van der Waals surface area contributed by atoms with Crippen molar-refractivity contribution in [1.82, 2.24) is 0 Å². The number of hydrogen-bond acceptors (Lipinski definition) is 4. The van der Waals surface area contributed by atoms with Crippen LogP contribution in [0.1, 0.15) is 0 Å². The summed E-state index contributed by atoms with van der Waals surface area (Å²) in [5.74, 6) is -1.45. The van der Waals surface area contributed by atoms with E-state index in [1.165, 1.54) is 11.3 Å². The van der Waals surface area contributed by atoms with Gasteiger partial charge in [-0.3, -0.25) is 14.5 Å². The molecule has 84 valence electrons. The second-order valence-corrected chi connectivity index (χ2v) is 3.46. The van der Waals surface area contributed by atoms with Crippen LogP contribution in [0.15, 0.2) is 17.5 Å². The van der Waals surface area contributed by atoms with E-state index in [2.05, 4.69) is 0 Å². The maximum absolute atomic E-state index is 11.3. The van der Waals surface area contributed by atoms with Crippen molar-refractivity contribution in [3.63, 3.8) is 0 Å². The number of carboxylic acid groups (broad SMARTS) is 1. The quantitative estimate of drug-likeness (QED) is 0.817. The van der Waals surface area contributed by atoms with Crippen LogP contribution in [0, 0.1) is 0 Å². The van der Waals surface area contributed by atoms with Gasteiger partial charge in [-0.15, -0.1) is 23.7 Å². The highest BCUT2D eigenvalue weighted by atomic mass is 35.5. The lowest BCUT2D eigenvalue weighted by atomic mass is 10.4. The number of nitrogens with two attached hydrogens (primary N) is 1. The summed E-state index contributed by atoms with van der Waals surface area (Å²) in [5.41, 5.74) is 5.18. The number of thiophene rings is 1. The molecule has 0 saturated heterocycles. The van der Waals surface area contributed by atoms with Crippen molar-refractivity contribution in [2.24, 2.45) is 5.73 Å². The molecule has 0 fully saturated rings. The molecule has 0 saturated carbocycles. The fourth-order valence-electron chi connectivity index (χ4n) is 0.958. The molecule has 0 unspecified atom stereocenters. The van der Waals surface area contributed by atoms with Crippen molar-refractivity contribution in [2.45, 2.75) is 0 Å². The Bertz CT molecular complexity index is 329. The molecule has 1 heterocycles. The standard InChI is InChI=1S/C8H10N2O3S.ClH/c9-4-6(11)10(5-8(12)13)7-2-1-3-14-7;/h1-3H,4-5,9H2,(H,12,13);1H. The number of anilines is 1. The molecular formula is C8H11ClN2O3S. The van der Waals surface area contributed by atoms with Gasteiger partial charge in [0.25, 0.3) is 0 Å². The third-order valence-corrected chi connectivity index (χ3v) is 2.43. The summed E-state index contributed by atoms with van der Waals surface area (Å²) >= 11 is 1.30. The predicted octanol–water partition coefficient (Wildman–Crippen LogP) is 0.546. The predicted molar refractivity (Wildman–Crippen MR) is 60.6 cm³/mol. The van der Waals surface area contributed by atoms with Crippen LogP contribution in [0.5, 0.6) is 0 Å². The molecule has 1 aromatic heterocycles. The van der Waals surface area contributed by atoms with Gasteiger partial charge < -0.3 is 10.8 Å². The molecule has 1 rings (SSSR count). The monoisotopic (exact) mass is 250 g/mol. The molecule has 0 spiro atoms. The molecule has 7 heteroatoms. The van der Waals surface area contributed by atoms with Gasteiger partial charge in [-0.2, -0.15) is 0 Å². The lowest BCUT2D eigenvalue weighted by Crippen LogP contribution is -2.39. The van der Waals surface area contributed by atoms with Crippen molar-refractivity contribution in [1.29, 1.82) is 0 Å². The molecule has 0 aliphatic carbocycles. The maximum atomic E-state index is 11.3. The smallest absolute Gasteiger partial charge is 0.323 e. The molecule has 0 radical (unpaired) electrons. The molecule has 1 amide bonds. The highest BCUT2D eigenvalue weighted by molar-refractivity contribution is 7.14. The van der Waals surface area contributed by atoms with Crippen LogP contribution in [-0.2, 0) is 9.59 Å². The minimum absolute atomic E-state index is 0. The van der Waals surface area contributed by atoms with Crippen molar-refractivity contribution < 1.29 is 14.7 Å². The number of hydrogen-bond donors (Lipinski definition) is 2. The number of rotatable bonds is 4. The highest BCUT2D eigenvalue weighted by Gasteiger charge is 2.17. The summed E-state index contributed by atoms with van der Waals surface area (Å²) in [6, 6.07) is 3.43. The minimum atomic E-state index is -1.06. The normalized spacial score (nSPS) is 9.13. The average Bonchev–Trinajstić information content (AvgIpc) is 2.65. The first-order valence-electron chi connectivity index (χ1n) is 3.91. The van der Waals surface area contributed by atoms with Crippen LogP contribution in [0.2, 0.25) is 0 Å². The molecule has 0 atom stereocenters. The lowest BCUT2D eigenvalue weighted by Gasteiger charge is -2.17. The second-order valence-electron chi connectivity index (χ2n) is 2.53. The molecule has 0 aliphatic rings. The zero-order valence-electron chi connectivity index (χ0n) is 7.75. The van der Waals surface area contributed by atoms with Gasteiger partial charge in [-0.25, -0.2) is 0 Å². The first-order chi connectivity index (χ1) is 6.65. The van der Waals surface area contributed by atoms with E-state index in [0.717, 1.165) is 4.90 Å². The topological polar surface area (TPSA) is 83.6 Å². The van der Waals surface area contributed by atoms with Crippen LogP contribution in [0.4, 0.5) is 5.00 Å². The Labute approximate surface area is 96.9 Å². The summed E-state index contributed by atoms with van der Waals surface area (Å²) in [4.78, 5) is 22.9. The van der Waals surface area contributed by atoms with E-state index in [1.807, 2.05) is 0 Å². The van der Waals surface area contributed by atoms with Gasteiger partial charge in [0.05, 0.1) is 11.5 Å². The minimum Gasteiger partial charge on any atom is -0.480 e. The zero-order valence-corrected chi connectivity index (χ0v) is 9.38. The number of nitrogens with zero attached hydrogens (tertiary/aromatic N) is 1. The summed E-state index contributed by atoms with van der Waals surface area (Å²) < 4.78 is 0. The van der Waals surface area contributed by atoms with Crippen LogP contribution < -0.4 is 10.6 Å². The Kier molecular flexibility index (Phi) is 5.92. The SMILES string of the molecule is Cl.NCC(=O)N(CC(=O)O)c1cccs1. The van der Waals surface area contributed by atoms with Crippen molar-refractivity contribution in [2.75, 3.05) is 18.0 Å². The van der Waals surface area contributed by atoms with Gasteiger partial charge in [0, 0.05) is 0 Å². The fraction of sp³-hybridized carbons (Fsp3) is 0.250. The highest BCUT2D eigenvalue weighted by Crippen LogP contribution is 2.20. The molecule has 0 aromatic carbocycles. The fourth-order valence-corrected chi connectivity index (χ4v) is 1.71. The molecule has 3 N–H and O–H groups in total. The second kappa shape index (κ2) is 6.39. The van der Waals surface area contributed by atoms with Gasteiger partial charge >= 0.3 is 5.97 Å². The van der Waals surface area contributed by atoms with E-state index in [1.54, 1.807) is 17.5 Å². The van der Waals surface area contributed by atoms with Crippen LogP contribution in [-0.4, -0.2) is 30.1 Å². The summed E-state index contributed by atoms with van der Waals surface area (Å²) in [6.45, 7) is -0.540. The molecule has 0 aliphatic heterocycles. The molecule has 5 nitrogen and oxygen atoms in total. The number of halogens is 1. The molecule has 0 bridgehead atoms. The summed E-state index contributed by atoms with van der Waals surface area (Å²) in [6.07, 6.45) is 0. The van der Waals surface area contributed by atoms with Gasteiger partial charge in [0.1, 0.15) is 6.54 Å². The number of aliphatic carboxylic acids is 1. The third kappa shape index (κ3) is 3.86. The number of carbonyl (C=O) groups is 2. The van der Waals surface area contributed by atoms with Crippen molar-refractivity contribution >= 4 is 40.6 Å². The van der Waals surface area contributed by atoms with Crippen molar-refractivity contribution in [3.05, 3.63) is 17.5 Å². The number of carboxylic acids is 1. The largest absolute Gasteiger partial charge is 0.480 e. The molecule has 15 heavy (non-hydrogen) atoms. The summed E-state index contributed by atoms with van der Waals surface area (Å²) in [5, 5.41) is 11.0. The van der Waals surface area contributed by atoms with E-state index in [0.29, 0.717) is 5.00 Å². The third-order valence-electron chi connectivity index (χ3n) is 1.54. The van der Waals surface area contributed by atoms with Gasteiger partial charge in [-0.05, 0) is 17.5 Å². The Morgan fingerprint density at radius 1 is 1.53 bits per heavy atom. The zero-order chi connectivity index (χ0) is 10.6. The first kappa shape index (κ1) is 13.9.